The highest BCUT2D eigenvalue weighted by Gasteiger charge is 2.26. The molecule has 1 aliphatic carbocycles. The monoisotopic (exact) mass is 373 g/mol. The van der Waals surface area contributed by atoms with E-state index in [0.29, 0.717) is 6.04 Å². The van der Waals surface area contributed by atoms with Gasteiger partial charge in [-0.1, -0.05) is 55.7 Å². The zero-order valence-electron chi connectivity index (χ0n) is 16.7. The Morgan fingerprint density at radius 2 is 1.50 bits per heavy atom. The highest BCUT2D eigenvalue weighted by molar-refractivity contribution is 5.65. The molecule has 2 N–H and O–H groups in total. The quantitative estimate of drug-likeness (QED) is 0.738. The normalized spacial score (nSPS) is 22.6. The van der Waals surface area contributed by atoms with Gasteiger partial charge in [-0.2, -0.15) is 0 Å². The lowest BCUT2D eigenvalue weighted by Gasteiger charge is -2.28. The molecule has 0 unspecified atom stereocenters. The van der Waals surface area contributed by atoms with E-state index in [1.54, 1.807) is 5.56 Å². The minimum absolute atomic E-state index is 0.498. The average Bonchev–Trinajstić information content (AvgIpc) is 3.47. The molecule has 2 fully saturated rings. The van der Waals surface area contributed by atoms with E-state index in [1.807, 2.05) is 0 Å². The van der Waals surface area contributed by atoms with Crippen LogP contribution >= 0.6 is 0 Å². The van der Waals surface area contributed by atoms with E-state index in [1.165, 1.54) is 67.5 Å². The Bertz CT molecular complexity index is 816. The second-order valence-electron chi connectivity index (χ2n) is 8.52. The molecular weight excluding hydrogens is 342 g/mol. The van der Waals surface area contributed by atoms with E-state index in [2.05, 4.69) is 70.3 Å². The molecule has 3 aliphatic rings. The smallest absolute Gasteiger partial charge is 0.0846 e. The number of rotatable bonds is 4. The second kappa shape index (κ2) is 7.90. The maximum atomic E-state index is 3.37. The summed E-state index contributed by atoms with van der Waals surface area (Å²) in [7, 11) is 0. The van der Waals surface area contributed by atoms with Gasteiger partial charge < -0.3 is 15.5 Å². The summed E-state index contributed by atoms with van der Waals surface area (Å²) in [5.41, 5.74) is 6.82. The van der Waals surface area contributed by atoms with E-state index in [9.17, 15) is 0 Å². The van der Waals surface area contributed by atoms with Crippen molar-refractivity contribution >= 4 is 11.4 Å². The predicted octanol–water partition coefficient (Wildman–Crippen LogP) is 5.52. The van der Waals surface area contributed by atoms with Gasteiger partial charge in [-0.25, -0.2) is 0 Å². The fraction of sp³-hybridized carbons (Fsp3) is 0.440. The van der Waals surface area contributed by atoms with Gasteiger partial charge in [0.1, 0.15) is 0 Å². The molecule has 2 heterocycles. The molecule has 1 saturated carbocycles. The lowest BCUT2D eigenvalue weighted by molar-refractivity contribution is 0.443. The number of nitrogens with zero attached hydrogens (tertiary/aromatic N) is 1. The van der Waals surface area contributed by atoms with Crippen molar-refractivity contribution in [2.24, 2.45) is 0 Å². The minimum atomic E-state index is 0.498. The van der Waals surface area contributed by atoms with Crippen LogP contribution in [0.5, 0.6) is 0 Å². The van der Waals surface area contributed by atoms with Gasteiger partial charge >= 0.3 is 0 Å². The molecule has 3 heteroatoms. The van der Waals surface area contributed by atoms with Crippen molar-refractivity contribution in [3.63, 3.8) is 0 Å². The van der Waals surface area contributed by atoms with Crippen LogP contribution in [-0.4, -0.2) is 13.2 Å². The van der Waals surface area contributed by atoms with Crippen LogP contribution < -0.4 is 15.5 Å². The molecule has 0 radical (unpaired) electrons. The molecule has 1 saturated heterocycles. The Morgan fingerprint density at radius 3 is 2.21 bits per heavy atom. The SMILES string of the molecule is C1=C(c2ccc([C@H]3CCCN3c3ccc(C4CCCCC4)cc3)cc2)NCN1. The fourth-order valence-corrected chi connectivity index (χ4v) is 5.22. The summed E-state index contributed by atoms with van der Waals surface area (Å²) in [4.78, 5) is 2.61. The predicted molar refractivity (Wildman–Crippen MR) is 117 cm³/mol. The van der Waals surface area contributed by atoms with Crippen LogP contribution in [0.25, 0.3) is 5.70 Å². The average molecular weight is 374 g/mol. The third kappa shape index (κ3) is 3.50. The molecule has 0 amide bonds. The standard InChI is InChI=1S/C25H31N3/c1-2-5-19(6-3-1)20-12-14-23(15-13-20)28-16-4-7-25(28)22-10-8-21(9-11-22)24-17-26-18-27-24/h8-15,17,19,25-27H,1-7,16,18H2/t25-/m1/s1. The largest absolute Gasteiger partial charge is 0.372 e. The van der Waals surface area contributed by atoms with Gasteiger partial charge in [0.2, 0.25) is 0 Å². The van der Waals surface area contributed by atoms with Crippen molar-refractivity contribution in [2.45, 2.75) is 56.9 Å². The molecular formula is C25H31N3. The molecule has 0 bridgehead atoms. The Kier molecular flexibility index (Phi) is 4.99. The first-order valence-electron chi connectivity index (χ1n) is 11.0. The summed E-state index contributed by atoms with van der Waals surface area (Å²) in [5, 5.41) is 6.58. The van der Waals surface area contributed by atoms with Gasteiger partial charge in [0, 0.05) is 18.4 Å². The van der Waals surface area contributed by atoms with Crippen LogP contribution in [0.1, 0.15) is 73.6 Å². The summed E-state index contributed by atoms with van der Waals surface area (Å²) in [6, 6.07) is 19.2. The molecule has 2 aromatic rings. The number of hydrogen-bond donors (Lipinski definition) is 2. The first-order chi connectivity index (χ1) is 13.9. The summed E-state index contributed by atoms with van der Waals surface area (Å²) < 4.78 is 0. The third-order valence-corrected chi connectivity index (χ3v) is 6.79. The lowest BCUT2D eigenvalue weighted by atomic mass is 9.84. The van der Waals surface area contributed by atoms with Crippen LogP contribution in [-0.2, 0) is 0 Å². The maximum absolute atomic E-state index is 3.37. The van der Waals surface area contributed by atoms with Crippen molar-refractivity contribution in [3.05, 3.63) is 71.4 Å². The minimum Gasteiger partial charge on any atom is -0.372 e. The summed E-state index contributed by atoms with van der Waals surface area (Å²) in [6.07, 6.45) is 11.5. The van der Waals surface area contributed by atoms with Gasteiger partial charge in [-0.05, 0) is 60.4 Å². The Labute approximate surface area is 168 Å². The topological polar surface area (TPSA) is 27.3 Å². The van der Waals surface area contributed by atoms with Gasteiger partial charge in [-0.3, -0.25) is 0 Å². The van der Waals surface area contributed by atoms with Crippen LogP contribution in [0, 0.1) is 0 Å². The van der Waals surface area contributed by atoms with Gasteiger partial charge in [0.15, 0.2) is 0 Å². The van der Waals surface area contributed by atoms with E-state index in [-0.39, 0.29) is 0 Å². The summed E-state index contributed by atoms with van der Waals surface area (Å²) in [6.45, 7) is 1.98. The Hall–Kier alpha value is -2.42. The number of nitrogens with one attached hydrogen (secondary N) is 2. The first kappa shape index (κ1) is 17.7. The van der Waals surface area contributed by atoms with Crippen LogP contribution in [0.15, 0.2) is 54.7 Å². The highest BCUT2D eigenvalue weighted by Crippen LogP contribution is 2.38. The molecule has 2 aliphatic heterocycles. The molecule has 3 nitrogen and oxygen atoms in total. The summed E-state index contributed by atoms with van der Waals surface area (Å²) in [5.74, 6) is 0.790. The van der Waals surface area contributed by atoms with Crippen LogP contribution in [0.4, 0.5) is 5.69 Å². The van der Waals surface area contributed by atoms with Gasteiger partial charge in [0.25, 0.3) is 0 Å². The lowest BCUT2D eigenvalue weighted by Crippen LogP contribution is -2.22. The van der Waals surface area contributed by atoms with Gasteiger partial charge in [-0.15, -0.1) is 0 Å². The first-order valence-corrected chi connectivity index (χ1v) is 11.0. The molecule has 1 atom stereocenters. The summed E-state index contributed by atoms with van der Waals surface area (Å²) >= 11 is 0. The van der Waals surface area contributed by atoms with Crippen LogP contribution in [0.3, 0.4) is 0 Å². The molecule has 146 valence electrons. The van der Waals surface area contributed by atoms with Crippen molar-refractivity contribution < 1.29 is 0 Å². The highest BCUT2D eigenvalue weighted by atomic mass is 15.2. The Balaban J connectivity index is 1.32. The van der Waals surface area contributed by atoms with E-state index in [4.69, 9.17) is 0 Å². The maximum Gasteiger partial charge on any atom is 0.0846 e. The Morgan fingerprint density at radius 1 is 0.750 bits per heavy atom. The number of benzene rings is 2. The van der Waals surface area contributed by atoms with E-state index in [0.717, 1.165) is 19.1 Å². The third-order valence-electron chi connectivity index (χ3n) is 6.79. The number of hydrogen-bond acceptors (Lipinski definition) is 3. The van der Waals surface area contributed by atoms with Gasteiger partial charge in [0.05, 0.1) is 18.4 Å². The van der Waals surface area contributed by atoms with Crippen molar-refractivity contribution in [1.82, 2.24) is 10.6 Å². The molecule has 0 spiro atoms. The molecule has 28 heavy (non-hydrogen) atoms. The molecule has 2 aromatic carbocycles. The fourth-order valence-electron chi connectivity index (χ4n) is 5.22. The molecule has 0 aromatic heterocycles. The van der Waals surface area contributed by atoms with Crippen molar-refractivity contribution in [1.29, 1.82) is 0 Å². The second-order valence-corrected chi connectivity index (χ2v) is 8.52. The van der Waals surface area contributed by atoms with Crippen molar-refractivity contribution in [2.75, 3.05) is 18.1 Å². The molecule has 5 rings (SSSR count). The zero-order chi connectivity index (χ0) is 18.8. The number of anilines is 1. The van der Waals surface area contributed by atoms with Crippen molar-refractivity contribution in [3.8, 4) is 0 Å². The van der Waals surface area contributed by atoms with Crippen LogP contribution in [0.2, 0.25) is 0 Å². The van der Waals surface area contributed by atoms with E-state index < -0.39 is 0 Å². The zero-order valence-corrected chi connectivity index (χ0v) is 16.7. The van der Waals surface area contributed by atoms with E-state index >= 15 is 0 Å².